The van der Waals surface area contributed by atoms with Crippen LogP contribution in [0.5, 0.6) is 5.75 Å². The van der Waals surface area contributed by atoms with E-state index < -0.39 is 0 Å². The van der Waals surface area contributed by atoms with Crippen molar-refractivity contribution in [2.45, 2.75) is 13.8 Å². The number of carbonyl (C=O) groups excluding carboxylic acids is 1. The second kappa shape index (κ2) is 5.75. The molecule has 0 bridgehead atoms. The molecule has 0 spiro atoms. The van der Waals surface area contributed by atoms with E-state index in [1.54, 1.807) is 18.3 Å². The van der Waals surface area contributed by atoms with Crippen LogP contribution in [-0.4, -0.2) is 22.7 Å². The first-order chi connectivity index (χ1) is 9.06. The molecular weight excluding hydrogens is 266 g/mol. The van der Waals surface area contributed by atoms with Crippen LogP contribution in [0.15, 0.2) is 24.4 Å². The van der Waals surface area contributed by atoms with Gasteiger partial charge in [-0.05, 0) is 31.5 Å². The molecule has 1 aromatic heterocycles. The molecule has 2 N–H and O–H groups in total. The van der Waals surface area contributed by atoms with Gasteiger partial charge in [-0.15, -0.1) is 0 Å². The largest absolute Gasteiger partial charge is 0.482 e. The molecule has 0 fully saturated rings. The summed E-state index contributed by atoms with van der Waals surface area (Å²) in [6.45, 7) is 3.66. The van der Waals surface area contributed by atoms with Gasteiger partial charge in [0.1, 0.15) is 11.6 Å². The van der Waals surface area contributed by atoms with Gasteiger partial charge in [-0.1, -0.05) is 17.7 Å². The number of aromatic nitrogens is 2. The van der Waals surface area contributed by atoms with E-state index in [-0.39, 0.29) is 12.5 Å². The van der Waals surface area contributed by atoms with Crippen LogP contribution in [0.3, 0.4) is 0 Å². The number of nitrogens with one attached hydrogen (secondary N) is 2. The predicted molar refractivity (Wildman–Crippen MR) is 73.6 cm³/mol. The highest BCUT2D eigenvalue weighted by atomic mass is 35.5. The lowest BCUT2D eigenvalue weighted by molar-refractivity contribution is -0.118. The quantitative estimate of drug-likeness (QED) is 0.904. The van der Waals surface area contributed by atoms with E-state index in [4.69, 9.17) is 16.3 Å². The number of halogens is 1. The van der Waals surface area contributed by atoms with Crippen molar-refractivity contribution in [2.75, 3.05) is 11.9 Å². The zero-order valence-electron chi connectivity index (χ0n) is 10.7. The Hall–Kier alpha value is -2.01. The molecule has 1 amide bonds. The third-order valence-corrected chi connectivity index (χ3v) is 2.85. The van der Waals surface area contributed by atoms with E-state index in [1.165, 1.54) is 0 Å². The summed E-state index contributed by atoms with van der Waals surface area (Å²) in [6, 6.07) is 5.41. The van der Waals surface area contributed by atoms with E-state index >= 15 is 0 Å². The fourth-order valence-electron chi connectivity index (χ4n) is 1.51. The molecule has 0 atom stereocenters. The average Bonchev–Trinajstić information content (AvgIpc) is 2.76. The standard InChI is InChI=1S/C13H14ClN3O2/c1-8-3-4-10(14)11(5-8)19-7-12(18)16-13-9(2)6-15-17-13/h3-6H,7H2,1-2H3,(H2,15,16,17,18). The van der Waals surface area contributed by atoms with Crippen LogP contribution in [0, 0.1) is 13.8 Å². The minimum Gasteiger partial charge on any atom is -0.482 e. The van der Waals surface area contributed by atoms with Crippen molar-refractivity contribution in [3.05, 3.63) is 40.5 Å². The molecule has 0 aliphatic carbocycles. The molecule has 0 aliphatic heterocycles. The van der Waals surface area contributed by atoms with Crippen LogP contribution >= 0.6 is 11.6 Å². The Kier molecular flexibility index (Phi) is 4.06. The number of benzene rings is 1. The van der Waals surface area contributed by atoms with Gasteiger partial charge in [0.25, 0.3) is 5.91 Å². The van der Waals surface area contributed by atoms with E-state index in [1.807, 2.05) is 19.9 Å². The number of carbonyl (C=O) groups is 1. The summed E-state index contributed by atoms with van der Waals surface area (Å²) < 4.78 is 5.39. The van der Waals surface area contributed by atoms with E-state index in [2.05, 4.69) is 15.5 Å². The van der Waals surface area contributed by atoms with E-state index in [9.17, 15) is 4.79 Å². The van der Waals surface area contributed by atoms with Gasteiger partial charge in [0.2, 0.25) is 0 Å². The zero-order chi connectivity index (χ0) is 13.8. The van der Waals surface area contributed by atoms with Crippen molar-refractivity contribution in [2.24, 2.45) is 0 Å². The second-order valence-corrected chi connectivity index (χ2v) is 4.61. The number of rotatable bonds is 4. The molecule has 0 saturated heterocycles. The summed E-state index contributed by atoms with van der Waals surface area (Å²) in [6.07, 6.45) is 1.63. The maximum atomic E-state index is 11.7. The number of amides is 1. The van der Waals surface area contributed by atoms with Crippen molar-refractivity contribution < 1.29 is 9.53 Å². The van der Waals surface area contributed by atoms with Crippen LogP contribution in [-0.2, 0) is 4.79 Å². The second-order valence-electron chi connectivity index (χ2n) is 4.20. The first-order valence-electron chi connectivity index (χ1n) is 5.75. The SMILES string of the molecule is Cc1ccc(Cl)c(OCC(=O)Nc2[nH]ncc2C)c1. The molecule has 100 valence electrons. The van der Waals surface area contributed by atoms with E-state index in [0.29, 0.717) is 16.6 Å². The van der Waals surface area contributed by atoms with Crippen molar-refractivity contribution in [3.8, 4) is 5.75 Å². The predicted octanol–water partition coefficient (Wildman–Crippen LogP) is 2.70. The number of aromatic amines is 1. The first kappa shape index (κ1) is 13.4. The number of nitrogens with zero attached hydrogens (tertiary/aromatic N) is 1. The van der Waals surface area contributed by atoms with Crippen molar-refractivity contribution in [1.82, 2.24) is 10.2 Å². The summed E-state index contributed by atoms with van der Waals surface area (Å²) in [5, 5.41) is 9.66. The van der Waals surface area contributed by atoms with Gasteiger partial charge in [0.05, 0.1) is 11.2 Å². The summed E-state index contributed by atoms with van der Waals surface area (Å²) >= 11 is 5.97. The van der Waals surface area contributed by atoms with Crippen LogP contribution in [0.2, 0.25) is 5.02 Å². The molecule has 2 rings (SSSR count). The van der Waals surface area contributed by atoms with Crippen molar-refractivity contribution in [1.29, 1.82) is 0 Å². The third kappa shape index (κ3) is 3.48. The minimum absolute atomic E-state index is 0.109. The van der Waals surface area contributed by atoms with Crippen molar-refractivity contribution >= 4 is 23.3 Å². The molecule has 1 heterocycles. The van der Waals surface area contributed by atoms with E-state index in [0.717, 1.165) is 11.1 Å². The number of anilines is 1. The monoisotopic (exact) mass is 279 g/mol. The highest BCUT2D eigenvalue weighted by Crippen LogP contribution is 2.25. The van der Waals surface area contributed by atoms with Gasteiger partial charge in [0, 0.05) is 5.56 Å². The Bertz CT molecular complexity index is 595. The van der Waals surface area contributed by atoms with Gasteiger partial charge < -0.3 is 10.1 Å². The molecule has 0 saturated carbocycles. The van der Waals surface area contributed by atoms with Gasteiger partial charge in [0.15, 0.2) is 6.61 Å². The molecule has 0 unspecified atom stereocenters. The minimum atomic E-state index is -0.273. The highest BCUT2D eigenvalue weighted by Gasteiger charge is 2.08. The highest BCUT2D eigenvalue weighted by molar-refractivity contribution is 6.32. The maximum Gasteiger partial charge on any atom is 0.263 e. The molecule has 6 heteroatoms. The topological polar surface area (TPSA) is 67.0 Å². The van der Waals surface area contributed by atoms with Crippen LogP contribution in [0.4, 0.5) is 5.82 Å². The number of H-pyrrole nitrogens is 1. The summed E-state index contributed by atoms with van der Waals surface area (Å²) in [5.74, 6) is 0.798. The third-order valence-electron chi connectivity index (χ3n) is 2.54. The molecular formula is C13H14ClN3O2. The molecule has 0 radical (unpaired) electrons. The van der Waals surface area contributed by atoms with Gasteiger partial charge in [-0.25, -0.2) is 0 Å². The molecule has 2 aromatic rings. The Morgan fingerprint density at radius 2 is 2.26 bits per heavy atom. The normalized spacial score (nSPS) is 10.3. The smallest absolute Gasteiger partial charge is 0.263 e. The number of hydrogen-bond donors (Lipinski definition) is 2. The number of aryl methyl sites for hydroxylation is 2. The first-order valence-corrected chi connectivity index (χ1v) is 6.13. The summed E-state index contributed by atoms with van der Waals surface area (Å²) in [5.41, 5.74) is 1.88. The average molecular weight is 280 g/mol. The molecule has 5 nitrogen and oxygen atoms in total. The lowest BCUT2D eigenvalue weighted by Crippen LogP contribution is -2.20. The van der Waals surface area contributed by atoms with Crippen LogP contribution < -0.4 is 10.1 Å². The Morgan fingerprint density at radius 1 is 1.47 bits per heavy atom. The summed E-state index contributed by atoms with van der Waals surface area (Å²) in [7, 11) is 0. The van der Waals surface area contributed by atoms with Gasteiger partial charge in [-0.2, -0.15) is 5.10 Å². The van der Waals surface area contributed by atoms with Crippen molar-refractivity contribution in [3.63, 3.8) is 0 Å². The number of hydrogen-bond acceptors (Lipinski definition) is 3. The number of ether oxygens (including phenoxy) is 1. The Morgan fingerprint density at radius 3 is 2.95 bits per heavy atom. The lowest BCUT2D eigenvalue weighted by Gasteiger charge is -2.09. The molecule has 1 aromatic carbocycles. The Labute approximate surface area is 115 Å². The van der Waals surface area contributed by atoms with Gasteiger partial charge in [-0.3, -0.25) is 9.89 Å². The van der Waals surface area contributed by atoms with Crippen LogP contribution in [0.1, 0.15) is 11.1 Å². The molecule has 19 heavy (non-hydrogen) atoms. The maximum absolute atomic E-state index is 11.7. The zero-order valence-corrected chi connectivity index (χ0v) is 11.4. The fraction of sp³-hybridized carbons (Fsp3) is 0.231. The lowest BCUT2D eigenvalue weighted by atomic mass is 10.2. The van der Waals surface area contributed by atoms with Gasteiger partial charge >= 0.3 is 0 Å². The Balaban J connectivity index is 1.93. The molecule has 0 aliphatic rings. The van der Waals surface area contributed by atoms with Crippen LogP contribution in [0.25, 0.3) is 0 Å². The summed E-state index contributed by atoms with van der Waals surface area (Å²) in [4.78, 5) is 11.7. The fourth-order valence-corrected chi connectivity index (χ4v) is 1.69.